The molecule has 2 aromatic rings. The molecular formula is C15H12BrFO2. The van der Waals surface area contributed by atoms with Crippen LogP contribution in [0.4, 0.5) is 4.39 Å². The molecule has 0 fully saturated rings. The van der Waals surface area contributed by atoms with Gasteiger partial charge < -0.3 is 4.74 Å². The van der Waals surface area contributed by atoms with Crippen LogP contribution >= 0.6 is 15.9 Å². The number of Topliss-reactive ketones (excluding diaryl/α,β-unsaturated/α-hetero) is 1. The van der Waals surface area contributed by atoms with E-state index in [9.17, 15) is 9.18 Å². The Kier molecular flexibility index (Phi) is 4.32. The van der Waals surface area contributed by atoms with E-state index in [0.29, 0.717) is 10.0 Å². The Bertz CT molecular complexity index is 584. The molecule has 0 aliphatic heterocycles. The summed E-state index contributed by atoms with van der Waals surface area (Å²) in [6, 6.07) is 13.3. The normalized spacial score (nSPS) is 11.9. The first-order valence-electron chi connectivity index (χ1n) is 5.79. The van der Waals surface area contributed by atoms with Crippen LogP contribution in [0.5, 0.6) is 5.75 Å². The average Bonchev–Trinajstić information content (AvgIpc) is 2.42. The van der Waals surface area contributed by atoms with Gasteiger partial charge in [-0.2, -0.15) is 0 Å². The molecule has 0 spiro atoms. The lowest BCUT2D eigenvalue weighted by Crippen LogP contribution is -2.24. The van der Waals surface area contributed by atoms with Gasteiger partial charge in [-0.3, -0.25) is 4.79 Å². The molecule has 0 aromatic heterocycles. The van der Waals surface area contributed by atoms with Crippen LogP contribution in [0.1, 0.15) is 17.3 Å². The lowest BCUT2D eigenvalue weighted by Gasteiger charge is -2.14. The van der Waals surface area contributed by atoms with E-state index in [1.807, 2.05) is 6.07 Å². The van der Waals surface area contributed by atoms with Crippen LogP contribution in [-0.4, -0.2) is 11.9 Å². The molecule has 0 saturated heterocycles. The van der Waals surface area contributed by atoms with Gasteiger partial charge in [0.25, 0.3) is 0 Å². The number of rotatable bonds is 4. The van der Waals surface area contributed by atoms with Crippen molar-refractivity contribution in [1.29, 1.82) is 0 Å². The number of benzene rings is 2. The number of hydrogen-bond acceptors (Lipinski definition) is 2. The first-order valence-corrected chi connectivity index (χ1v) is 6.58. The molecule has 0 heterocycles. The summed E-state index contributed by atoms with van der Waals surface area (Å²) in [6.45, 7) is 1.61. The van der Waals surface area contributed by atoms with Gasteiger partial charge in [0.2, 0.25) is 5.78 Å². The van der Waals surface area contributed by atoms with Crippen LogP contribution in [0.3, 0.4) is 0 Å². The zero-order chi connectivity index (χ0) is 13.8. The van der Waals surface area contributed by atoms with E-state index < -0.39 is 11.9 Å². The molecule has 19 heavy (non-hydrogen) atoms. The van der Waals surface area contributed by atoms with Crippen molar-refractivity contribution in [3.63, 3.8) is 0 Å². The molecule has 4 heteroatoms. The molecule has 1 atom stereocenters. The highest BCUT2D eigenvalue weighted by molar-refractivity contribution is 9.10. The molecule has 0 amide bonds. The lowest BCUT2D eigenvalue weighted by molar-refractivity contribution is 0.0812. The van der Waals surface area contributed by atoms with E-state index >= 15 is 0 Å². The maximum absolute atomic E-state index is 13.6. The fraction of sp³-hybridized carbons (Fsp3) is 0.133. The van der Waals surface area contributed by atoms with Gasteiger partial charge in [0.05, 0.1) is 0 Å². The monoisotopic (exact) mass is 322 g/mol. The Balaban J connectivity index is 2.13. The van der Waals surface area contributed by atoms with Crippen LogP contribution in [-0.2, 0) is 0 Å². The Labute approximate surface area is 119 Å². The van der Waals surface area contributed by atoms with E-state index in [2.05, 4.69) is 15.9 Å². The first kappa shape index (κ1) is 13.7. The Morgan fingerprint density at radius 2 is 1.89 bits per heavy atom. The third-order valence-corrected chi connectivity index (χ3v) is 3.12. The zero-order valence-corrected chi connectivity index (χ0v) is 11.9. The van der Waals surface area contributed by atoms with Gasteiger partial charge in [-0.05, 0) is 25.1 Å². The van der Waals surface area contributed by atoms with E-state index in [1.54, 1.807) is 37.3 Å². The molecular weight excluding hydrogens is 311 g/mol. The van der Waals surface area contributed by atoms with Gasteiger partial charge in [0, 0.05) is 10.0 Å². The minimum absolute atomic E-state index is 0.0694. The fourth-order valence-corrected chi connectivity index (χ4v) is 1.99. The molecule has 98 valence electrons. The van der Waals surface area contributed by atoms with Crippen LogP contribution in [0.25, 0.3) is 0 Å². The van der Waals surface area contributed by atoms with E-state index in [1.165, 1.54) is 12.1 Å². The zero-order valence-electron chi connectivity index (χ0n) is 10.3. The van der Waals surface area contributed by atoms with Gasteiger partial charge in [-0.15, -0.1) is 0 Å². The van der Waals surface area contributed by atoms with Crippen molar-refractivity contribution < 1.29 is 13.9 Å². The topological polar surface area (TPSA) is 26.3 Å². The van der Waals surface area contributed by atoms with Gasteiger partial charge in [0.15, 0.2) is 17.7 Å². The number of carbonyl (C=O) groups excluding carboxylic acids is 1. The summed E-state index contributed by atoms with van der Waals surface area (Å²) in [5, 5.41) is 0. The summed E-state index contributed by atoms with van der Waals surface area (Å²) in [7, 11) is 0. The van der Waals surface area contributed by atoms with Crippen molar-refractivity contribution in [1.82, 2.24) is 0 Å². The molecule has 2 nitrogen and oxygen atoms in total. The molecule has 2 rings (SSSR count). The van der Waals surface area contributed by atoms with Crippen molar-refractivity contribution in [3.05, 3.63) is 64.4 Å². The van der Waals surface area contributed by atoms with Gasteiger partial charge >= 0.3 is 0 Å². The largest absolute Gasteiger partial charge is 0.479 e. The highest BCUT2D eigenvalue weighted by Gasteiger charge is 2.18. The number of halogens is 2. The minimum atomic E-state index is -0.738. The Morgan fingerprint density at radius 1 is 1.21 bits per heavy atom. The smallest absolute Gasteiger partial charge is 0.202 e. The summed E-state index contributed by atoms with van der Waals surface area (Å²) >= 11 is 3.17. The maximum atomic E-state index is 13.6. The van der Waals surface area contributed by atoms with Crippen LogP contribution < -0.4 is 4.74 Å². The second kappa shape index (κ2) is 5.97. The van der Waals surface area contributed by atoms with Crippen molar-refractivity contribution in [2.24, 2.45) is 0 Å². The highest BCUT2D eigenvalue weighted by Crippen LogP contribution is 2.23. The molecule has 0 aliphatic rings. The van der Waals surface area contributed by atoms with Gasteiger partial charge in [-0.25, -0.2) is 4.39 Å². The SMILES string of the molecule is CC(Oc1ccc(Br)cc1F)C(=O)c1ccccc1. The third-order valence-electron chi connectivity index (χ3n) is 2.63. The minimum Gasteiger partial charge on any atom is -0.479 e. The molecule has 0 bridgehead atoms. The number of ether oxygens (including phenoxy) is 1. The quantitative estimate of drug-likeness (QED) is 0.787. The number of hydrogen-bond donors (Lipinski definition) is 0. The summed E-state index contributed by atoms with van der Waals surface area (Å²) in [5.74, 6) is -0.606. The predicted octanol–water partition coefficient (Wildman–Crippen LogP) is 4.24. The van der Waals surface area contributed by atoms with Crippen molar-refractivity contribution in [2.45, 2.75) is 13.0 Å². The van der Waals surface area contributed by atoms with E-state index in [0.717, 1.165) is 0 Å². The van der Waals surface area contributed by atoms with Crippen LogP contribution in [0.2, 0.25) is 0 Å². The second-order valence-electron chi connectivity index (χ2n) is 4.07. The maximum Gasteiger partial charge on any atom is 0.202 e. The van der Waals surface area contributed by atoms with Crippen LogP contribution in [0, 0.1) is 5.82 Å². The standard InChI is InChI=1S/C15H12BrFO2/c1-10(15(18)11-5-3-2-4-6-11)19-14-8-7-12(16)9-13(14)17/h2-10H,1H3. The van der Waals surface area contributed by atoms with Gasteiger partial charge in [0.1, 0.15) is 0 Å². The third kappa shape index (κ3) is 3.41. The molecule has 0 saturated carbocycles. The average molecular weight is 323 g/mol. The molecule has 0 radical (unpaired) electrons. The Hall–Kier alpha value is -1.68. The van der Waals surface area contributed by atoms with Crippen molar-refractivity contribution in [2.75, 3.05) is 0 Å². The number of carbonyl (C=O) groups is 1. The first-order chi connectivity index (χ1) is 9.08. The molecule has 0 aliphatic carbocycles. The van der Waals surface area contributed by atoms with E-state index in [4.69, 9.17) is 4.74 Å². The number of ketones is 1. The van der Waals surface area contributed by atoms with E-state index in [-0.39, 0.29) is 11.5 Å². The highest BCUT2D eigenvalue weighted by atomic mass is 79.9. The summed E-state index contributed by atoms with van der Waals surface area (Å²) in [6.07, 6.45) is -0.738. The van der Waals surface area contributed by atoms with Gasteiger partial charge in [-0.1, -0.05) is 46.3 Å². The predicted molar refractivity (Wildman–Crippen MR) is 75.0 cm³/mol. The molecule has 1 unspecified atom stereocenters. The van der Waals surface area contributed by atoms with Crippen molar-refractivity contribution >= 4 is 21.7 Å². The van der Waals surface area contributed by atoms with Crippen molar-refractivity contribution in [3.8, 4) is 5.75 Å². The second-order valence-corrected chi connectivity index (χ2v) is 4.98. The molecule has 0 N–H and O–H groups in total. The fourth-order valence-electron chi connectivity index (χ4n) is 1.65. The summed E-state index contributed by atoms with van der Waals surface area (Å²) in [4.78, 5) is 12.1. The molecule has 2 aromatic carbocycles. The summed E-state index contributed by atoms with van der Waals surface area (Å²) < 4.78 is 19.6. The summed E-state index contributed by atoms with van der Waals surface area (Å²) in [5.41, 5.74) is 0.549. The Morgan fingerprint density at radius 3 is 2.53 bits per heavy atom. The van der Waals surface area contributed by atoms with Crippen LogP contribution in [0.15, 0.2) is 53.0 Å². The lowest BCUT2D eigenvalue weighted by atomic mass is 10.1.